The molecule has 0 radical (unpaired) electrons. The zero-order valence-electron chi connectivity index (χ0n) is 16.0. The lowest BCUT2D eigenvalue weighted by molar-refractivity contribution is -0.137. The highest BCUT2D eigenvalue weighted by molar-refractivity contribution is 5.81. The van der Waals surface area contributed by atoms with E-state index in [4.69, 9.17) is 4.74 Å². The van der Waals surface area contributed by atoms with E-state index >= 15 is 0 Å². The largest absolute Gasteiger partial charge is 0.463 e. The number of unbranched alkanes of at least 4 members (excludes halogenated alkanes) is 7. The summed E-state index contributed by atoms with van der Waals surface area (Å²) in [4.78, 5) is 10.7. The van der Waals surface area contributed by atoms with Crippen molar-refractivity contribution in [2.24, 2.45) is 0 Å². The Morgan fingerprint density at radius 3 is 1.52 bits per heavy atom. The Morgan fingerprint density at radius 2 is 1.16 bits per heavy atom. The van der Waals surface area contributed by atoms with Crippen LogP contribution in [-0.4, -0.2) is 12.6 Å². The van der Waals surface area contributed by atoms with Gasteiger partial charge in [0.05, 0.1) is 6.61 Å². The second-order valence-electron chi connectivity index (χ2n) is 5.47. The molecule has 0 aliphatic carbocycles. The topological polar surface area (TPSA) is 26.3 Å². The molecular weight excluding hydrogens is 308 g/mol. The fourth-order valence-electron chi connectivity index (χ4n) is 1.85. The molecule has 1 aromatic rings. The number of hydrogen-bond donors (Lipinski definition) is 0. The van der Waals surface area contributed by atoms with Crippen LogP contribution in [0.15, 0.2) is 74.4 Å². The molecule has 0 unspecified atom stereocenters. The number of allylic oxidation sites excluding steroid dienone is 2. The third-order valence-corrected chi connectivity index (χ3v) is 3.24. The van der Waals surface area contributed by atoms with Crippen molar-refractivity contribution in [2.45, 2.75) is 58.3 Å². The van der Waals surface area contributed by atoms with Crippen LogP contribution in [0.3, 0.4) is 0 Å². The van der Waals surface area contributed by atoms with E-state index in [2.05, 4.69) is 26.7 Å². The van der Waals surface area contributed by atoms with Crippen molar-refractivity contribution < 1.29 is 9.53 Å². The molecular formula is C23H36O2. The van der Waals surface area contributed by atoms with Crippen molar-refractivity contribution in [3.05, 3.63) is 74.4 Å². The average molecular weight is 345 g/mol. The molecule has 0 heterocycles. The van der Waals surface area contributed by atoms with Crippen LogP contribution in [-0.2, 0) is 9.53 Å². The summed E-state index contributed by atoms with van der Waals surface area (Å²) in [5, 5.41) is 0. The summed E-state index contributed by atoms with van der Waals surface area (Å²) in [7, 11) is 0. The molecule has 0 atom stereocenters. The summed E-state index contributed by atoms with van der Waals surface area (Å²) < 4.78 is 4.88. The lowest BCUT2D eigenvalue weighted by atomic mass is 10.1. The molecule has 1 rings (SSSR count). The van der Waals surface area contributed by atoms with E-state index in [9.17, 15) is 4.79 Å². The van der Waals surface area contributed by atoms with E-state index in [0.717, 1.165) is 12.8 Å². The van der Waals surface area contributed by atoms with E-state index in [1.54, 1.807) is 12.2 Å². The van der Waals surface area contributed by atoms with Gasteiger partial charge in [-0.2, -0.15) is 0 Å². The molecule has 1 aromatic carbocycles. The fraction of sp³-hybridized carbons (Fsp3) is 0.435. The summed E-state index contributed by atoms with van der Waals surface area (Å²) in [5.74, 6) is -0.307. The fourth-order valence-corrected chi connectivity index (χ4v) is 1.85. The van der Waals surface area contributed by atoms with Gasteiger partial charge in [0.25, 0.3) is 0 Å². The third kappa shape index (κ3) is 27.1. The van der Waals surface area contributed by atoms with E-state index in [1.807, 2.05) is 36.4 Å². The molecule has 0 amide bonds. The Bertz CT molecular complexity index is 377. The van der Waals surface area contributed by atoms with Gasteiger partial charge in [-0.15, -0.1) is 0 Å². The number of ether oxygens (including phenoxy) is 1. The molecule has 0 aromatic heterocycles. The highest BCUT2D eigenvalue weighted by atomic mass is 16.5. The smallest absolute Gasteiger partial charge is 0.330 e. The molecule has 0 aliphatic rings. The number of hydrogen-bond acceptors (Lipinski definition) is 2. The van der Waals surface area contributed by atoms with Crippen molar-refractivity contribution in [3.63, 3.8) is 0 Å². The maximum Gasteiger partial charge on any atom is 0.330 e. The molecule has 0 saturated carbocycles. The van der Waals surface area contributed by atoms with Crippen molar-refractivity contribution in [2.75, 3.05) is 6.61 Å². The van der Waals surface area contributed by atoms with Crippen molar-refractivity contribution in [1.29, 1.82) is 0 Å². The van der Waals surface area contributed by atoms with Crippen LogP contribution in [0, 0.1) is 0 Å². The minimum absolute atomic E-state index is 0.307. The minimum Gasteiger partial charge on any atom is -0.463 e. The first-order valence-electron chi connectivity index (χ1n) is 9.25. The zero-order chi connectivity index (χ0) is 19.0. The van der Waals surface area contributed by atoms with Gasteiger partial charge in [0.2, 0.25) is 0 Å². The Kier molecular flexibility index (Phi) is 24.3. The number of carbonyl (C=O) groups is 1. The average Bonchev–Trinajstić information content (AvgIpc) is 2.68. The minimum atomic E-state index is -0.307. The Morgan fingerprint density at radius 1 is 0.760 bits per heavy atom. The van der Waals surface area contributed by atoms with Gasteiger partial charge < -0.3 is 4.74 Å². The molecule has 140 valence electrons. The second kappa shape index (κ2) is 24.2. The van der Waals surface area contributed by atoms with E-state index in [0.29, 0.717) is 6.61 Å². The second-order valence-corrected chi connectivity index (χ2v) is 5.47. The molecule has 0 saturated heterocycles. The SMILES string of the molecule is C=CC(=O)OCCCCCCCCCC.C=CC=C.c1ccccc1. The van der Waals surface area contributed by atoms with Gasteiger partial charge in [-0.3, -0.25) is 0 Å². The van der Waals surface area contributed by atoms with Crippen LogP contribution in [0.2, 0.25) is 0 Å². The van der Waals surface area contributed by atoms with Crippen molar-refractivity contribution in [3.8, 4) is 0 Å². The van der Waals surface area contributed by atoms with Crippen molar-refractivity contribution >= 4 is 5.97 Å². The number of benzene rings is 1. The molecule has 0 fully saturated rings. The van der Waals surface area contributed by atoms with Gasteiger partial charge in [-0.05, 0) is 6.42 Å². The van der Waals surface area contributed by atoms with Crippen LogP contribution in [0.4, 0.5) is 0 Å². The lowest BCUT2D eigenvalue weighted by Gasteiger charge is -2.02. The van der Waals surface area contributed by atoms with Crippen LogP contribution in [0.5, 0.6) is 0 Å². The predicted molar refractivity (Wildman–Crippen MR) is 111 cm³/mol. The molecule has 2 heteroatoms. The number of rotatable bonds is 11. The maximum atomic E-state index is 10.7. The first-order chi connectivity index (χ1) is 12.2. The normalized spacial score (nSPS) is 8.68. The summed E-state index contributed by atoms with van der Waals surface area (Å²) in [6.07, 6.45) is 14.6. The first-order valence-corrected chi connectivity index (χ1v) is 9.25. The Labute approximate surface area is 155 Å². The molecule has 25 heavy (non-hydrogen) atoms. The van der Waals surface area contributed by atoms with Gasteiger partial charge in [0, 0.05) is 6.08 Å². The molecule has 0 spiro atoms. The van der Waals surface area contributed by atoms with E-state index in [-0.39, 0.29) is 5.97 Å². The first kappa shape index (κ1) is 25.2. The van der Waals surface area contributed by atoms with Crippen LogP contribution in [0.25, 0.3) is 0 Å². The van der Waals surface area contributed by atoms with Crippen LogP contribution < -0.4 is 0 Å². The van der Waals surface area contributed by atoms with Gasteiger partial charge >= 0.3 is 5.97 Å². The maximum absolute atomic E-state index is 10.7. The molecule has 2 nitrogen and oxygen atoms in total. The van der Waals surface area contributed by atoms with Gasteiger partial charge in [0.1, 0.15) is 0 Å². The highest BCUT2D eigenvalue weighted by Crippen LogP contribution is 2.08. The van der Waals surface area contributed by atoms with Gasteiger partial charge in [-0.1, -0.05) is 120 Å². The Balaban J connectivity index is 0. The summed E-state index contributed by atoms with van der Waals surface area (Å²) in [6.45, 7) is 12.8. The predicted octanol–water partition coefficient (Wildman–Crippen LogP) is 6.90. The zero-order valence-corrected chi connectivity index (χ0v) is 16.0. The number of esters is 1. The summed E-state index contributed by atoms with van der Waals surface area (Å²) in [5.41, 5.74) is 0. The third-order valence-electron chi connectivity index (χ3n) is 3.24. The van der Waals surface area contributed by atoms with Gasteiger partial charge in [0.15, 0.2) is 0 Å². The summed E-state index contributed by atoms with van der Waals surface area (Å²) in [6, 6.07) is 12.0. The standard InChI is InChI=1S/C13H24O2.C6H6.C4H6/c1-3-5-6-7-8-9-10-11-12-15-13(14)4-2;1-2-4-6-5-3-1;1-3-4-2/h4H,2-3,5-12H2,1H3;1-6H;3-4H,1-2H2. The van der Waals surface area contributed by atoms with E-state index in [1.165, 1.54) is 44.6 Å². The van der Waals surface area contributed by atoms with E-state index < -0.39 is 0 Å². The van der Waals surface area contributed by atoms with Crippen LogP contribution >= 0.6 is 0 Å². The summed E-state index contributed by atoms with van der Waals surface area (Å²) >= 11 is 0. The monoisotopic (exact) mass is 344 g/mol. The highest BCUT2D eigenvalue weighted by Gasteiger charge is 1.95. The van der Waals surface area contributed by atoms with Gasteiger partial charge in [-0.25, -0.2) is 4.79 Å². The molecule has 0 N–H and O–H groups in total. The molecule has 0 aliphatic heterocycles. The van der Waals surface area contributed by atoms with Crippen LogP contribution in [0.1, 0.15) is 58.3 Å². The molecule has 0 bridgehead atoms. The lowest BCUT2D eigenvalue weighted by Crippen LogP contribution is -2.01. The Hall–Kier alpha value is -2.09. The van der Waals surface area contributed by atoms with Crippen molar-refractivity contribution in [1.82, 2.24) is 0 Å². The quantitative estimate of drug-likeness (QED) is 0.189. The number of carbonyl (C=O) groups excluding carboxylic acids is 1.